The number of hydrogen-bond donors (Lipinski definition) is 0. The van der Waals surface area contributed by atoms with Crippen molar-refractivity contribution in [3.05, 3.63) is 69.8 Å². The molecule has 2 aromatic rings. The molecule has 0 aromatic heterocycles. The van der Waals surface area contributed by atoms with Crippen LogP contribution >= 0.6 is 0 Å². The van der Waals surface area contributed by atoms with Crippen molar-refractivity contribution in [1.82, 2.24) is 0 Å². The molecule has 0 spiro atoms. The predicted octanol–water partition coefficient (Wildman–Crippen LogP) is 4.05. The maximum atomic E-state index is 14.3. The zero-order valence-electron chi connectivity index (χ0n) is 16.9. The number of nitrogens with zero attached hydrogens (tertiary/aromatic N) is 2. The third kappa shape index (κ3) is 4.96. The van der Waals surface area contributed by atoms with E-state index in [0.717, 1.165) is 5.56 Å². The van der Waals surface area contributed by atoms with Crippen LogP contribution < -0.4 is 0 Å². The molecule has 0 atom stereocenters. The van der Waals surface area contributed by atoms with Crippen molar-refractivity contribution in [3.63, 3.8) is 0 Å². The summed E-state index contributed by atoms with van der Waals surface area (Å²) in [5.41, 5.74) is 1.93. The van der Waals surface area contributed by atoms with Crippen molar-refractivity contribution in [3.8, 4) is 0 Å². The summed E-state index contributed by atoms with van der Waals surface area (Å²) in [6.07, 6.45) is 0. The van der Waals surface area contributed by atoms with Crippen LogP contribution in [0.5, 0.6) is 0 Å². The van der Waals surface area contributed by atoms with Crippen LogP contribution in [0.2, 0.25) is 0 Å². The first-order chi connectivity index (χ1) is 13.8. The Morgan fingerprint density at radius 2 is 1.76 bits per heavy atom. The number of carbonyl (C=O) groups excluding carboxylic acids is 1. The number of esters is 1. The first-order valence-corrected chi connectivity index (χ1v) is 8.71. The lowest BCUT2D eigenvalue weighted by Gasteiger charge is -2.13. The van der Waals surface area contributed by atoms with Gasteiger partial charge in [0.15, 0.2) is 5.71 Å². The molecule has 0 aliphatic carbocycles. The highest BCUT2D eigenvalue weighted by atomic mass is 19.1. The monoisotopic (exact) mass is 404 g/mol. The number of halogens is 2. The number of methoxy groups -OCH3 is 1. The van der Waals surface area contributed by atoms with Crippen LogP contribution in [0.1, 0.15) is 34.7 Å². The average molecular weight is 404 g/mol. The molecular formula is C21H22F2N2O4. The van der Waals surface area contributed by atoms with Gasteiger partial charge in [-0.25, -0.2) is 13.6 Å². The second kappa shape index (κ2) is 9.77. The van der Waals surface area contributed by atoms with Gasteiger partial charge in [0.25, 0.3) is 0 Å². The van der Waals surface area contributed by atoms with Crippen LogP contribution in [0.15, 0.2) is 40.6 Å². The summed E-state index contributed by atoms with van der Waals surface area (Å²) in [4.78, 5) is 22.2. The molecular weight excluding hydrogens is 382 g/mol. The number of hydrogen-bond acceptors (Lipinski definition) is 6. The van der Waals surface area contributed by atoms with E-state index in [9.17, 15) is 13.6 Å². The van der Waals surface area contributed by atoms with Crippen LogP contribution in [-0.4, -0.2) is 31.6 Å². The number of rotatable bonds is 7. The largest absolute Gasteiger partial charge is 0.464 e. The molecule has 2 rings (SSSR count). The van der Waals surface area contributed by atoms with E-state index in [1.54, 1.807) is 12.1 Å². The van der Waals surface area contributed by atoms with Crippen molar-refractivity contribution < 1.29 is 28.0 Å². The molecule has 154 valence electrons. The van der Waals surface area contributed by atoms with Gasteiger partial charge >= 0.3 is 5.97 Å². The number of oxime groups is 2. The van der Waals surface area contributed by atoms with E-state index in [4.69, 9.17) is 14.4 Å². The van der Waals surface area contributed by atoms with Crippen LogP contribution in [0.25, 0.3) is 0 Å². The van der Waals surface area contributed by atoms with Crippen molar-refractivity contribution in [1.29, 1.82) is 0 Å². The fourth-order valence-corrected chi connectivity index (χ4v) is 2.73. The lowest BCUT2D eigenvalue weighted by atomic mass is 9.99. The van der Waals surface area contributed by atoms with Gasteiger partial charge in [-0.1, -0.05) is 34.6 Å². The maximum Gasteiger partial charge on any atom is 0.360 e. The highest BCUT2D eigenvalue weighted by Gasteiger charge is 2.21. The summed E-state index contributed by atoms with van der Waals surface area (Å²) in [6.45, 7) is 4.75. The van der Waals surface area contributed by atoms with Crippen molar-refractivity contribution in [2.75, 3.05) is 14.2 Å². The second-order valence-electron chi connectivity index (χ2n) is 6.22. The Bertz CT molecular complexity index is 971. The molecule has 6 nitrogen and oxygen atoms in total. The summed E-state index contributed by atoms with van der Waals surface area (Å²) < 4.78 is 33.0. The van der Waals surface area contributed by atoms with Gasteiger partial charge in [-0.3, -0.25) is 0 Å². The Balaban J connectivity index is 2.35. The highest BCUT2D eigenvalue weighted by molar-refractivity contribution is 6.43. The van der Waals surface area contributed by atoms with Gasteiger partial charge in [-0.2, -0.15) is 0 Å². The molecule has 0 bridgehead atoms. The zero-order chi connectivity index (χ0) is 21.6. The third-order valence-corrected chi connectivity index (χ3v) is 4.28. The molecule has 0 fully saturated rings. The zero-order valence-corrected chi connectivity index (χ0v) is 16.9. The minimum absolute atomic E-state index is 0.0335. The van der Waals surface area contributed by atoms with E-state index >= 15 is 0 Å². The Kier molecular flexibility index (Phi) is 7.41. The second-order valence-corrected chi connectivity index (χ2v) is 6.22. The molecule has 0 heterocycles. The molecule has 0 unspecified atom stereocenters. The summed E-state index contributed by atoms with van der Waals surface area (Å²) in [5.74, 6) is -2.09. The summed E-state index contributed by atoms with van der Waals surface area (Å²) in [7, 11) is 2.55. The lowest BCUT2D eigenvalue weighted by Crippen LogP contribution is -2.20. The number of ether oxygens (including phenoxy) is 1. The van der Waals surface area contributed by atoms with Gasteiger partial charge in [-0.15, -0.1) is 0 Å². The Hall–Kier alpha value is -3.29. The maximum absolute atomic E-state index is 14.3. The topological polar surface area (TPSA) is 69.5 Å². The van der Waals surface area contributed by atoms with Crippen LogP contribution in [-0.2, 0) is 25.8 Å². The molecule has 0 N–H and O–H groups in total. The van der Waals surface area contributed by atoms with Gasteiger partial charge in [0.2, 0.25) is 0 Å². The Labute approximate surface area is 167 Å². The quantitative estimate of drug-likeness (QED) is 0.397. The predicted molar refractivity (Wildman–Crippen MR) is 105 cm³/mol. The van der Waals surface area contributed by atoms with Gasteiger partial charge in [0, 0.05) is 11.1 Å². The first kappa shape index (κ1) is 22.0. The molecule has 0 aliphatic rings. The van der Waals surface area contributed by atoms with Crippen molar-refractivity contribution in [2.24, 2.45) is 10.3 Å². The van der Waals surface area contributed by atoms with Gasteiger partial charge in [0.05, 0.1) is 18.4 Å². The lowest BCUT2D eigenvalue weighted by molar-refractivity contribution is -0.132. The summed E-state index contributed by atoms with van der Waals surface area (Å²) in [5, 5.41) is 7.60. The van der Waals surface area contributed by atoms with E-state index in [-0.39, 0.29) is 23.6 Å². The fraction of sp³-hybridized carbons (Fsp3) is 0.286. The van der Waals surface area contributed by atoms with E-state index in [1.165, 1.54) is 40.2 Å². The summed E-state index contributed by atoms with van der Waals surface area (Å²) in [6, 6.07) is 7.76. The molecule has 0 amide bonds. The molecule has 0 saturated heterocycles. The van der Waals surface area contributed by atoms with E-state index in [1.807, 2.05) is 13.0 Å². The molecule has 8 heteroatoms. The smallest absolute Gasteiger partial charge is 0.360 e. The molecule has 0 aliphatic heterocycles. The fourth-order valence-electron chi connectivity index (χ4n) is 2.73. The SMILES string of the molecule is CO/N=C(/C(=O)OC)c1cccc(C)c1CO/N=C(\C)c1c(F)ccc(C)c1F. The van der Waals surface area contributed by atoms with Crippen molar-refractivity contribution >= 4 is 17.4 Å². The van der Waals surface area contributed by atoms with E-state index in [2.05, 4.69) is 10.3 Å². The molecule has 0 saturated carbocycles. The van der Waals surface area contributed by atoms with Crippen LogP contribution in [0, 0.1) is 25.5 Å². The van der Waals surface area contributed by atoms with Gasteiger partial charge in [0.1, 0.15) is 25.4 Å². The number of aryl methyl sites for hydroxylation is 2. The standard InChI is InChI=1S/C21H22F2N2O4/c1-12-7-6-8-15(20(25-28-5)21(26)27-4)16(12)11-29-24-14(3)18-17(22)10-9-13(2)19(18)23/h6-10H,11H2,1-5H3/b24-14+,25-20+. The van der Waals surface area contributed by atoms with E-state index in [0.29, 0.717) is 16.7 Å². The normalized spacial score (nSPS) is 12.0. The third-order valence-electron chi connectivity index (χ3n) is 4.28. The van der Waals surface area contributed by atoms with Crippen molar-refractivity contribution in [2.45, 2.75) is 27.4 Å². The minimum Gasteiger partial charge on any atom is -0.464 e. The molecule has 2 aromatic carbocycles. The molecule has 0 radical (unpaired) electrons. The summed E-state index contributed by atoms with van der Waals surface area (Å²) >= 11 is 0. The Morgan fingerprint density at radius 3 is 2.41 bits per heavy atom. The van der Waals surface area contributed by atoms with Gasteiger partial charge in [-0.05, 0) is 38.0 Å². The van der Waals surface area contributed by atoms with E-state index < -0.39 is 17.6 Å². The number of carbonyl (C=O) groups is 1. The average Bonchev–Trinajstić information content (AvgIpc) is 2.70. The van der Waals surface area contributed by atoms with Crippen LogP contribution in [0.4, 0.5) is 8.78 Å². The first-order valence-electron chi connectivity index (χ1n) is 8.71. The minimum atomic E-state index is -0.727. The van der Waals surface area contributed by atoms with Gasteiger partial charge < -0.3 is 14.4 Å². The number of benzene rings is 2. The highest BCUT2D eigenvalue weighted by Crippen LogP contribution is 2.20. The molecule has 29 heavy (non-hydrogen) atoms. The van der Waals surface area contributed by atoms with Crippen LogP contribution in [0.3, 0.4) is 0 Å². The Morgan fingerprint density at radius 1 is 1.03 bits per heavy atom.